The minimum absolute atomic E-state index is 0.566. The first-order chi connectivity index (χ1) is 7.70. The van der Waals surface area contributed by atoms with Crippen LogP contribution in [0, 0.1) is 28.1 Å². The van der Waals surface area contributed by atoms with Crippen molar-refractivity contribution in [2.24, 2.45) is 28.1 Å². The first kappa shape index (κ1) is 13.4. The molecular weight excluding hydrogens is 204 g/mol. The highest BCUT2D eigenvalue weighted by Gasteiger charge is 2.54. The van der Waals surface area contributed by atoms with Crippen LogP contribution >= 0.6 is 0 Å². The van der Waals surface area contributed by atoms with Gasteiger partial charge in [-0.15, -0.1) is 0 Å². The molecular formula is C17H32. The van der Waals surface area contributed by atoms with Crippen molar-refractivity contribution in [1.29, 1.82) is 0 Å². The molecule has 4 atom stereocenters. The van der Waals surface area contributed by atoms with E-state index >= 15 is 0 Å². The van der Waals surface area contributed by atoms with Crippen LogP contribution in [0.2, 0.25) is 0 Å². The molecule has 0 saturated heterocycles. The Balaban J connectivity index is 2.34. The van der Waals surface area contributed by atoms with E-state index in [0.29, 0.717) is 16.2 Å². The predicted octanol–water partition coefficient (Wildman–Crippen LogP) is 5.67. The maximum atomic E-state index is 2.57. The summed E-state index contributed by atoms with van der Waals surface area (Å²) in [5, 5.41) is 0. The minimum Gasteiger partial charge on any atom is -0.0651 e. The van der Waals surface area contributed by atoms with E-state index in [9.17, 15) is 0 Å². The molecule has 0 amide bonds. The number of fused-ring (bicyclic) bond motifs is 2. The fourth-order valence-electron chi connectivity index (χ4n) is 6.02. The SMILES string of the molecule is CCC(C)C12CC(C)CC(C)(CC(C)(C)C1)C2. The van der Waals surface area contributed by atoms with Crippen molar-refractivity contribution < 1.29 is 0 Å². The van der Waals surface area contributed by atoms with E-state index < -0.39 is 0 Å². The highest BCUT2D eigenvalue weighted by atomic mass is 14.6. The van der Waals surface area contributed by atoms with Crippen molar-refractivity contribution in [2.75, 3.05) is 0 Å². The zero-order valence-corrected chi connectivity index (χ0v) is 12.9. The van der Waals surface area contributed by atoms with Crippen LogP contribution in [0.4, 0.5) is 0 Å². The zero-order valence-electron chi connectivity index (χ0n) is 12.9. The number of rotatable bonds is 2. The van der Waals surface area contributed by atoms with E-state index in [4.69, 9.17) is 0 Å². The second-order valence-electron chi connectivity index (χ2n) is 8.69. The lowest BCUT2D eigenvalue weighted by Crippen LogP contribution is -2.50. The third-order valence-corrected chi connectivity index (χ3v) is 5.77. The predicted molar refractivity (Wildman–Crippen MR) is 76.0 cm³/mol. The van der Waals surface area contributed by atoms with Crippen LogP contribution in [0.3, 0.4) is 0 Å². The quantitative estimate of drug-likeness (QED) is 0.580. The van der Waals surface area contributed by atoms with Crippen LogP contribution in [-0.4, -0.2) is 0 Å². The molecule has 4 unspecified atom stereocenters. The molecule has 2 bridgehead atoms. The lowest BCUT2D eigenvalue weighted by Gasteiger charge is -2.60. The molecule has 0 nitrogen and oxygen atoms in total. The van der Waals surface area contributed by atoms with Gasteiger partial charge in [-0.3, -0.25) is 0 Å². The molecule has 100 valence electrons. The summed E-state index contributed by atoms with van der Waals surface area (Å²) >= 11 is 0. The summed E-state index contributed by atoms with van der Waals surface area (Å²) in [7, 11) is 0. The molecule has 17 heavy (non-hydrogen) atoms. The third kappa shape index (κ3) is 2.42. The summed E-state index contributed by atoms with van der Waals surface area (Å²) in [6, 6.07) is 0. The van der Waals surface area contributed by atoms with Gasteiger partial charge in [0.15, 0.2) is 0 Å². The summed E-state index contributed by atoms with van der Waals surface area (Å²) in [5.74, 6) is 1.85. The molecule has 2 aliphatic carbocycles. The smallest absolute Gasteiger partial charge is 0.0259 e. The van der Waals surface area contributed by atoms with Gasteiger partial charge in [0.05, 0.1) is 0 Å². The average molecular weight is 236 g/mol. The van der Waals surface area contributed by atoms with E-state index in [2.05, 4.69) is 41.5 Å². The average Bonchev–Trinajstić information content (AvgIpc) is 2.10. The maximum Gasteiger partial charge on any atom is -0.0259 e. The molecule has 2 rings (SSSR count). The Morgan fingerprint density at radius 2 is 1.71 bits per heavy atom. The van der Waals surface area contributed by atoms with Crippen LogP contribution in [0.25, 0.3) is 0 Å². The maximum absolute atomic E-state index is 2.57. The highest BCUT2D eigenvalue weighted by Crippen LogP contribution is 2.65. The van der Waals surface area contributed by atoms with Crippen molar-refractivity contribution in [3.63, 3.8) is 0 Å². The van der Waals surface area contributed by atoms with Gasteiger partial charge in [-0.25, -0.2) is 0 Å². The van der Waals surface area contributed by atoms with Gasteiger partial charge >= 0.3 is 0 Å². The summed E-state index contributed by atoms with van der Waals surface area (Å²) in [6.07, 6.45) is 8.73. The Hall–Kier alpha value is 0. The van der Waals surface area contributed by atoms with Crippen molar-refractivity contribution in [3.05, 3.63) is 0 Å². The molecule has 0 aromatic heterocycles. The van der Waals surface area contributed by atoms with Crippen molar-refractivity contribution in [3.8, 4) is 0 Å². The van der Waals surface area contributed by atoms with Crippen LogP contribution < -0.4 is 0 Å². The molecule has 0 heteroatoms. The lowest BCUT2D eigenvalue weighted by molar-refractivity contribution is -0.101. The minimum atomic E-state index is 0.566. The topological polar surface area (TPSA) is 0 Å². The van der Waals surface area contributed by atoms with Gasteiger partial charge in [-0.1, -0.05) is 48.0 Å². The third-order valence-electron chi connectivity index (χ3n) is 5.77. The molecule has 0 aromatic carbocycles. The molecule has 0 N–H and O–H groups in total. The lowest BCUT2D eigenvalue weighted by atomic mass is 9.45. The summed E-state index contributed by atoms with van der Waals surface area (Å²) in [6.45, 7) is 15.0. The van der Waals surface area contributed by atoms with Crippen molar-refractivity contribution in [2.45, 2.75) is 80.1 Å². The van der Waals surface area contributed by atoms with E-state index in [-0.39, 0.29) is 0 Å². The number of hydrogen-bond donors (Lipinski definition) is 0. The van der Waals surface area contributed by atoms with Gasteiger partial charge < -0.3 is 0 Å². The molecule has 2 fully saturated rings. The zero-order chi connectivity index (χ0) is 12.9. The van der Waals surface area contributed by atoms with Crippen LogP contribution in [-0.2, 0) is 0 Å². The van der Waals surface area contributed by atoms with Gasteiger partial charge in [0.25, 0.3) is 0 Å². The molecule has 0 spiro atoms. The van der Waals surface area contributed by atoms with Gasteiger partial charge in [0, 0.05) is 0 Å². The van der Waals surface area contributed by atoms with E-state index in [1.165, 1.54) is 38.5 Å². The van der Waals surface area contributed by atoms with E-state index in [1.54, 1.807) is 0 Å². The van der Waals surface area contributed by atoms with Gasteiger partial charge in [0.2, 0.25) is 0 Å². The first-order valence-electron chi connectivity index (χ1n) is 7.70. The summed E-state index contributed by atoms with van der Waals surface area (Å²) in [5.41, 5.74) is 1.85. The first-order valence-corrected chi connectivity index (χ1v) is 7.70. The molecule has 0 aromatic rings. The van der Waals surface area contributed by atoms with Crippen LogP contribution in [0.1, 0.15) is 80.1 Å². The molecule has 2 saturated carbocycles. The van der Waals surface area contributed by atoms with Gasteiger partial charge in [-0.2, -0.15) is 0 Å². The molecule has 0 radical (unpaired) electrons. The van der Waals surface area contributed by atoms with Crippen LogP contribution in [0.15, 0.2) is 0 Å². The normalized spacial score (nSPS) is 46.6. The van der Waals surface area contributed by atoms with Crippen molar-refractivity contribution in [1.82, 2.24) is 0 Å². The Morgan fingerprint density at radius 1 is 1.06 bits per heavy atom. The van der Waals surface area contributed by atoms with E-state index in [0.717, 1.165) is 11.8 Å². The van der Waals surface area contributed by atoms with E-state index in [1.807, 2.05) is 0 Å². The molecule has 0 heterocycles. The Morgan fingerprint density at radius 3 is 2.29 bits per heavy atom. The van der Waals surface area contributed by atoms with Gasteiger partial charge in [-0.05, 0) is 60.2 Å². The number of hydrogen-bond acceptors (Lipinski definition) is 0. The summed E-state index contributed by atoms with van der Waals surface area (Å²) < 4.78 is 0. The fourth-order valence-corrected chi connectivity index (χ4v) is 6.02. The largest absolute Gasteiger partial charge is 0.0651 e. The second kappa shape index (κ2) is 4.00. The molecule has 0 aliphatic heterocycles. The van der Waals surface area contributed by atoms with Gasteiger partial charge in [0.1, 0.15) is 0 Å². The Labute approximate surface area is 109 Å². The standard InChI is InChI=1S/C17H32/c1-7-14(3)17-9-13(2)8-16(6,12-17)10-15(4,5)11-17/h13-14H,7-12H2,1-6H3. The Bertz CT molecular complexity index is 286. The Kier molecular flexibility index (Phi) is 3.16. The summed E-state index contributed by atoms with van der Waals surface area (Å²) in [4.78, 5) is 0. The monoisotopic (exact) mass is 236 g/mol. The second-order valence-corrected chi connectivity index (χ2v) is 8.69. The highest BCUT2D eigenvalue weighted by molar-refractivity contribution is 5.04. The van der Waals surface area contributed by atoms with Crippen molar-refractivity contribution >= 4 is 0 Å². The molecule has 2 aliphatic rings. The fraction of sp³-hybridized carbons (Fsp3) is 1.00. The van der Waals surface area contributed by atoms with Crippen LogP contribution in [0.5, 0.6) is 0 Å².